The van der Waals surface area contributed by atoms with E-state index in [0.29, 0.717) is 13.0 Å². The van der Waals surface area contributed by atoms with Crippen LogP contribution >= 0.6 is 0 Å². The highest BCUT2D eigenvalue weighted by atomic mass is 16.6. The highest BCUT2D eigenvalue weighted by Crippen LogP contribution is 2.22. The number of carbonyl (C=O) groups excluding carboxylic acids is 2. The van der Waals surface area contributed by atoms with Gasteiger partial charge >= 0.3 is 6.09 Å². The highest BCUT2D eigenvalue weighted by Gasteiger charge is 2.35. The molecule has 4 heteroatoms. The van der Waals surface area contributed by atoms with E-state index in [1.165, 1.54) is 4.90 Å². The lowest BCUT2D eigenvalue weighted by Gasteiger charge is -2.27. The molecule has 0 bridgehead atoms. The SMILES string of the molecule is C#CCC(=O)[C@H]1CCCN1C(=O)OC(C)(C)C. The van der Waals surface area contributed by atoms with Crippen molar-refractivity contribution in [3.05, 3.63) is 0 Å². The first-order valence-corrected chi connectivity index (χ1v) is 5.81. The fourth-order valence-electron chi connectivity index (χ4n) is 1.86. The maximum Gasteiger partial charge on any atom is 0.410 e. The van der Waals surface area contributed by atoms with Crippen LogP contribution in [-0.4, -0.2) is 35.0 Å². The molecule has 0 aromatic rings. The third kappa shape index (κ3) is 3.77. The Morgan fingerprint density at radius 2 is 2.12 bits per heavy atom. The molecule has 0 saturated carbocycles. The lowest BCUT2D eigenvalue weighted by Crippen LogP contribution is -2.43. The Labute approximate surface area is 102 Å². The topological polar surface area (TPSA) is 46.6 Å². The molecular formula is C13H19NO3. The van der Waals surface area contributed by atoms with E-state index < -0.39 is 17.7 Å². The minimum absolute atomic E-state index is 0.0733. The van der Waals surface area contributed by atoms with Crippen molar-refractivity contribution in [3.63, 3.8) is 0 Å². The van der Waals surface area contributed by atoms with E-state index in [-0.39, 0.29) is 12.2 Å². The van der Waals surface area contributed by atoms with E-state index in [2.05, 4.69) is 5.92 Å². The molecule has 0 unspecified atom stereocenters. The first kappa shape index (κ1) is 13.6. The standard InChI is InChI=1S/C13H19NO3/c1-5-7-11(15)10-8-6-9-14(10)12(16)17-13(2,3)4/h1,10H,6-9H2,2-4H3/t10-/m1/s1. The van der Waals surface area contributed by atoms with Gasteiger partial charge in [-0.3, -0.25) is 9.69 Å². The van der Waals surface area contributed by atoms with Gasteiger partial charge in [-0.15, -0.1) is 6.42 Å². The largest absolute Gasteiger partial charge is 0.444 e. The fraction of sp³-hybridized carbons (Fsp3) is 0.692. The van der Waals surface area contributed by atoms with Gasteiger partial charge in [0.15, 0.2) is 5.78 Å². The molecule has 0 radical (unpaired) electrons. The number of amides is 1. The molecule has 0 aliphatic carbocycles. The molecule has 0 aromatic heterocycles. The molecular weight excluding hydrogens is 218 g/mol. The van der Waals surface area contributed by atoms with Gasteiger partial charge in [-0.25, -0.2) is 4.79 Å². The molecule has 1 rings (SSSR count). The number of ketones is 1. The summed E-state index contributed by atoms with van der Waals surface area (Å²) >= 11 is 0. The van der Waals surface area contributed by atoms with Crippen molar-refractivity contribution in [2.45, 2.75) is 51.7 Å². The molecule has 1 heterocycles. The number of hydrogen-bond acceptors (Lipinski definition) is 3. The number of terminal acetylenes is 1. The van der Waals surface area contributed by atoms with Gasteiger partial charge < -0.3 is 4.74 Å². The molecule has 0 spiro atoms. The molecule has 1 saturated heterocycles. The zero-order valence-electron chi connectivity index (χ0n) is 10.7. The number of Topliss-reactive ketones (excluding diaryl/α,β-unsaturated/α-hetero) is 1. The minimum Gasteiger partial charge on any atom is -0.444 e. The second kappa shape index (κ2) is 5.22. The van der Waals surface area contributed by atoms with Crippen molar-refractivity contribution >= 4 is 11.9 Å². The van der Waals surface area contributed by atoms with E-state index in [4.69, 9.17) is 11.2 Å². The summed E-state index contributed by atoms with van der Waals surface area (Å²) < 4.78 is 5.26. The summed E-state index contributed by atoms with van der Waals surface area (Å²) in [5.74, 6) is 2.25. The smallest absolute Gasteiger partial charge is 0.410 e. The fourth-order valence-corrected chi connectivity index (χ4v) is 1.86. The van der Waals surface area contributed by atoms with Crippen LogP contribution in [0.4, 0.5) is 4.79 Å². The molecule has 1 aliphatic rings. The van der Waals surface area contributed by atoms with Crippen molar-refractivity contribution < 1.29 is 14.3 Å². The van der Waals surface area contributed by atoms with Crippen molar-refractivity contribution in [1.29, 1.82) is 0 Å². The van der Waals surface area contributed by atoms with Crippen LogP contribution in [0, 0.1) is 12.3 Å². The predicted octanol–water partition coefficient (Wildman–Crippen LogP) is 1.98. The van der Waals surface area contributed by atoms with Crippen molar-refractivity contribution in [2.24, 2.45) is 0 Å². The number of hydrogen-bond donors (Lipinski definition) is 0. The van der Waals surface area contributed by atoms with Crippen LogP contribution in [0.1, 0.15) is 40.0 Å². The average Bonchev–Trinajstić information content (AvgIpc) is 2.63. The third-order valence-corrected chi connectivity index (χ3v) is 2.53. The van der Waals surface area contributed by atoms with Crippen LogP contribution in [0.2, 0.25) is 0 Å². The maximum atomic E-state index is 11.9. The molecule has 1 amide bonds. The summed E-state index contributed by atoms with van der Waals surface area (Å²) in [5.41, 5.74) is -0.542. The number of rotatable bonds is 2. The van der Waals surface area contributed by atoms with E-state index >= 15 is 0 Å². The Morgan fingerprint density at radius 3 is 2.65 bits per heavy atom. The highest BCUT2D eigenvalue weighted by molar-refractivity contribution is 5.89. The average molecular weight is 237 g/mol. The molecule has 94 valence electrons. The molecule has 1 atom stereocenters. The Morgan fingerprint density at radius 1 is 1.47 bits per heavy atom. The summed E-state index contributed by atoms with van der Waals surface area (Å²) in [6.07, 6.45) is 6.26. The molecule has 17 heavy (non-hydrogen) atoms. The van der Waals surface area contributed by atoms with Gasteiger partial charge in [0.05, 0.1) is 12.5 Å². The van der Waals surface area contributed by atoms with Gasteiger partial charge in [0.1, 0.15) is 5.60 Å². The number of likely N-dealkylation sites (tertiary alicyclic amines) is 1. The van der Waals surface area contributed by atoms with Gasteiger partial charge in [-0.2, -0.15) is 0 Å². The Hall–Kier alpha value is -1.50. The van der Waals surface area contributed by atoms with E-state index in [1.807, 2.05) is 0 Å². The van der Waals surface area contributed by atoms with Gasteiger partial charge in [-0.1, -0.05) is 5.92 Å². The van der Waals surface area contributed by atoms with Crippen LogP contribution in [0.15, 0.2) is 0 Å². The second-order valence-electron chi connectivity index (χ2n) is 5.18. The van der Waals surface area contributed by atoms with Gasteiger partial charge in [0.2, 0.25) is 0 Å². The second-order valence-corrected chi connectivity index (χ2v) is 5.18. The van der Waals surface area contributed by atoms with Gasteiger partial charge in [0.25, 0.3) is 0 Å². The maximum absolute atomic E-state index is 11.9. The number of nitrogens with zero attached hydrogens (tertiary/aromatic N) is 1. The Balaban J connectivity index is 2.67. The molecule has 0 aromatic carbocycles. The summed E-state index contributed by atoms with van der Waals surface area (Å²) in [7, 11) is 0. The van der Waals surface area contributed by atoms with Crippen LogP contribution in [0.25, 0.3) is 0 Å². The quantitative estimate of drug-likeness (QED) is 0.690. The zero-order valence-corrected chi connectivity index (χ0v) is 10.7. The van der Waals surface area contributed by atoms with E-state index in [0.717, 1.165) is 6.42 Å². The first-order chi connectivity index (χ1) is 7.85. The Kier molecular flexibility index (Phi) is 4.17. The van der Waals surface area contributed by atoms with Crippen molar-refractivity contribution in [3.8, 4) is 12.3 Å². The molecule has 4 nitrogen and oxygen atoms in total. The third-order valence-electron chi connectivity index (χ3n) is 2.53. The normalized spacial score (nSPS) is 19.9. The van der Waals surface area contributed by atoms with Crippen LogP contribution in [0.5, 0.6) is 0 Å². The lowest BCUT2D eigenvalue weighted by molar-refractivity contribution is -0.122. The first-order valence-electron chi connectivity index (χ1n) is 5.81. The van der Waals surface area contributed by atoms with Crippen molar-refractivity contribution in [1.82, 2.24) is 4.90 Å². The zero-order chi connectivity index (χ0) is 13.1. The van der Waals surface area contributed by atoms with Gasteiger partial charge in [-0.05, 0) is 33.6 Å². The minimum atomic E-state index is -0.542. The summed E-state index contributed by atoms with van der Waals surface area (Å²) in [5, 5.41) is 0. The monoisotopic (exact) mass is 237 g/mol. The number of carbonyl (C=O) groups is 2. The van der Waals surface area contributed by atoms with Crippen LogP contribution in [-0.2, 0) is 9.53 Å². The number of ether oxygens (including phenoxy) is 1. The summed E-state index contributed by atoms with van der Waals surface area (Å²) in [6.45, 7) is 5.98. The predicted molar refractivity (Wildman–Crippen MR) is 64.4 cm³/mol. The van der Waals surface area contributed by atoms with Crippen LogP contribution in [0.3, 0.4) is 0 Å². The van der Waals surface area contributed by atoms with Crippen LogP contribution < -0.4 is 0 Å². The van der Waals surface area contributed by atoms with Gasteiger partial charge in [0, 0.05) is 6.54 Å². The molecule has 1 aliphatic heterocycles. The Bertz CT molecular complexity index is 349. The van der Waals surface area contributed by atoms with Crippen molar-refractivity contribution in [2.75, 3.05) is 6.54 Å². The molecule has 0 N–H and O–H groups in total. The molecule has 1 fully saturated rings. The van der Waals surface area contributed by atoms with E-state index in [9.17, 15) is 9.59 Å². The summed E-state index contributed by atoms with van der Waals surface area (Å²) in [4.78, 5) is 25.1. The summed E-state index contributed by atoms with van der Waals surface area (Å²) in [6, 6.07) is -0.402. The lowest BCUT2D eigenvalue weighted by atomic mass is 10.1. The van der Waals surface area contributed by atoms with E-state index in [1.54, 1.807) is 20.8 Å².